The second kappa shape index (κ2) is 5.96. The number of nitrogens with one attached hydrogen (secondary N) is 1. The van der Waals surface area contributed by atoms with Crippen molar-refractivity contribution >= 4 is 27.5 Å². The molecule has 0 fully saturated rings. The first-order valence-corrected chi connectivity index (χ1v) is 8.00. The molecule has 0 aliphatic heterocycles. The smallest absolute Gasteiger partial charge is 0.349 e. The molecule has 0 amide bonds. The molecule has 0 spiro atoms. The van der Waals surface area contributed by atoms with Gasteiger partial charge in [0.15, 0.2) is 0 Å². The topological polar surface area (TPSA) is 72.0 Å². The SMILES string of the molecule is Cc1cccc(COC(=O)c2sc3nc(C)[nH]c(=O)c3c2C)c1. The fourth-order valence-electron chi connectivity index (χ4n) is 2.46. The number of H-pyrrole nitrogens is 1. The van der Waals surface area contributed by atoms with Gasteiger partial charge in [0.1, 0.15) is 22.1 Å². The summed E-state index contributed by atoms with van der Waals surface area (Å²) < 4.78 is 5.38. The number of esters is 1. The minimum Gasteiger partial charge on any atom is -0.457 e. The number of hydrogen-bond acceptors (Lipinski definition) is 5. The number of rotatable bonds is 3. The van der Waals surface area contributed by atoms with Crippen molar-refractivity contribution in [1.82, 2.24) is 9.97 Å². The summed E-state index contributed by atoms with van der Waals surface area (Å²) in [6.45, 7) is 5.65. The molecule has 3 aromatic rings. The van der Waals surface area contributed by atoms with Crippen LogP contribution in [-0.2, 0) is 11.3 Å². The predicted molar refractivity (Wildman–Crippen MR) is 90.0 cm³/mol. The van der Waals surface area contributed by atoms with E-state index in [9.17, 15) is 9.59 Å². The maximum atomic E-state index is 12.3. The van der Waals surface area contributed by atoms with E-state index in [1.54, 1.807) is 13.8 Å². The molecular formula is C17H16N2O3S. The van der Waals surface area contributed by atoms with E-state index < -0.39 is 5.97 Å². The van der Waals surface area contributed by atoms with Gasteiger partial charge in [0.2, 0.25) is 0 Å². The summed E-state index contributed by atoms with van der Waals surface area (Å²) in [6.07, 6.45) is 0. The third-order valence-corrected chi connectivity index (χ3v) is 4.72. The van der Waals surface area contributed by atoms with E-state index in [0.717, 1.165) is 11.1 Å². The summed E-state index contributed by atoms with van der Waals surface area (Å²) in [4.78, 5) is 32.3. The lowest BCUT2D eigenvalue weighted by molar-refractivity contribution is 0.0478. The lowest BCUT2D eigenvalue weighted by Crippen LogP contribution is -2.10. The molecule has 6 heteroatoms. The van der Waals surface area contributed by atoms with E-state index in [0.29, 0.717) is 26.5 Å². The van der Waals surface area contributed by atoms with Crippen LogP contribution >= 0.6 is 11.3 Å². The van der Waals surface area contributed by atoms with Gasteiger partial charge in [-0.1, -0.05) is 29.8 Å². The molecule has 0 aliphatic carbocycles. The van der Waals surface area contributed by atoms with Crippen LogP contribution in [0.2, 0.25) is 0 Å². The second-order valence-corrected chi connectivity index (χ2v) is 6.45. The number of fused-ring (bicyclic) bond motifs is 1. The summed E-state index contributed by atoms with van der Waals surface area (Å²) >= 11 is 1.19. The monoisotopic (exact) mass is 328 g/mol. The van der Waals surface area contributed by atoms with Gasteiger partial charge in [-0.3, -0.25) is 4.79 Å². The van der Waals surface area contributed by atoms with Gasteiger partial charge in [-0.2, -0.15) is 0 Å². The normalized spacial score (nSPS) is 10.9. The largest absolute Gasteiger partial charge is 0.457 e. The molecular weight excluding hydrogens is 312 g/mol. The first kappa shape index (κ1) is 15.4. The Bertz CT molecular complexity index is 956. The summed E-state index contributed by atoms with van der Waals surface area (Å²) in [5.41, 5.74) is 2.44. The summed E-state index contributed by atoms with van der Waals surface area (Å²) in [5, 5.41) is 0.461. The standard InChI is InChI=1S/C17H16N2O3S/c1-9-5-4-6-12(7-9)8-22-17(21)14-10(2)13-15(20)18-11(3)19-16(13)23-14/h4-7H,8H2,1-3H3,(H,18,19,20). The van der Waals surface area contributed by atoms with Crippen molar-refractivity contribution < 1.29 is 9.53 Å². The Morgan fingerprint density at radius 2 is 2.09 bits per heavy atom. The number of aromatic nitrogens is 2. The van der Waals surface area contributed by atoms with Crippen LogP contribution in [0.4, 0.5) is 0 Å². The van der Waals surface area contributed by atoms with Gasteiger partial charge in [0.05, 0.1) is 5.39 Å². The number of carbonyl (C=O) groups excluding carboxylic acids is 1. The van der Waals surface area contributed by atoms with Crippen LogP contribution in [0.3, 0.4) is 0 Å². The molecule has 0 saturated heterocycles. The molecule has 2 heterocycles. The van der Waals surface area contributed by atoms with Crippen LogP contribution < -0.4 is 5.56 Å². The van der Waals surface area contributed by atoms with Crippen molar-refractivity contribution in [2.24, 2.45) is 0 Å². The molecule has 0 bridgehead atoms. The number of ether oxygens (including phenoxy) is 1. The van der Waals surface area contributed by atoms with Crippen LogP contribution in [0.1, 0.15) is 32.2 Å². The first-order chi connectivity index (χ1) is 11.0. The molecule has 1 N–H and O–H groups in total. The van der Waals surface area contributed by atoms with Crippen LogP contribution in [0.5, 0.6) is 0 Å². The second-order valence-electron chi connectivity index (χ2n) is 5.45. The number of hydrogen-bond donors (Lipinski definition) is 1. The zero-order valence-electron chi connectivity index (χ0n) is 13.1. The van der Waals surface area contributed by atoms with Gasteiger partial charge in [-0.05, 0) is 31.9 Å². The van der Waals surface area contributed by atoms with Crippen molar-refractivity contribution in [2.75, 3.05) is 0 Å². The first-order valence-electron chi connectivity index (χ1n) is 7.18. The highest BCUT2D eigenvalue weighted by Crippen LogP contribution is 2.27. The summed E-state index contributed by atoms with van der Waals surface area (Å²) in [7, 11) is 0. The van der Waals surface area contributed by atoms with Crippen molar-refractivity contribution in [3.63, 3.8) is 0 Å². The van der Waals surface area contributed by atoms with Gasteiger partial charge < -0.3 is 9.72 Å². The fourth-order valence-corrected chi connectivity index (χ4v) is 3.58. The van der Waals surface area contributed by atoms with Crippen LogP contribution in [0.25, 0.3) is 10.2 Å². The Balaban J connectivity index is 1.88. The van der Waals surface area contributed by atoms with Crippen molar-refractivity contribution in [1.29, 1.82) is 0 Å². The lowest BCUT2D eigenvalue weighted by Gasteiger charge is -2.05. The number of aryl methyl sites for hydroxylation is 3. The highest BCUT2D eigenvalue weighted by atomic mass is 32.1. The maximum absolute atomic E-state index is 12.3. The Morgan fingerprint density at radius 3 is 2.83 bits per heavy atom. The van der Waals surface area contributed by atoms with E-state index in [1.807, 2.05) is 31.2 Å². The molecule has 118 valence electrons. The van der Waals surface area contributed by atoms with E-state index in [1.165, 1.54) is 11.3 Å². The number of carbonyl (C=O) groups is 1. The van der Waals surface area contributed by atoms with Crippen molar-refractivity contribution in [2.45, 2.75) is 27.4 Å². The van der Waals surface area contributed by atoms with Gasteiger partial charge in [0, 0.05) is 0 Å². The Labute approximate surface area is 137 Å². The highest BCUT2D eigenvalue weighted by Gasteiger charge is 2.20. The molecule has 0 radical (unpaired) electrons. The third-order valence-electron chi connectivity index (χ3n) is 3.56. The summed E-state index contributed by atoms with van der Waals surface area (Å²) in [6, 6.07) is 7.80. The molecule has 0 saturated carbocycles. The third kappa shape index (κ3) is 3.03. The highest BCUT2D eigenvalue weighted by molar-refractivity contribution is 7.20. The minimum atomic E-state index is -0.427. The van der Waals surface area contributed by atoms with Gasteiger partial charge in [-0.15, -0.1) is 11.3 Å². The Morgan fingerprint density at radius 1 is 1.30 bits per heavy atom. The molecule has 2 aromatic heterocycles. The average Bonchev–Trinajstić information content (AvgIpc) is 2.82. The molecule has 23 heavy (non-hydrogen) atoms. The quantitative estimate of drug-likeness (QED) is 0.749. The number of aromatic amines is 1. The molecule has 0 aliphatic rings. The van der Waals surface area contributed by atoms with E-state index in [-0.39, 0.29) is 12.2 Å². The maximum Gasteiger partial charge on any atom is 0.349 e. The van der Waals surface area contributed by atoms with Crippen molar-refractivity contribution in [3.8, 4) is 0 Å². The molecule has 0 unspecified atom stereocenters. The summed E-state index contributed by atoms with van der Waals surface area (Å²) in [5.74, 6) is 0.104. The van der Waals surface area contributed by atoms with Crippen LogP contribution in [0, 0.1) is 20.8 Å². The van der Waals surface area contributed by atoms with Crippen LogP contribution in [0.15, 0.2) is 29.1 Å². The minimum absolute atomic E-state index is 0.205. The zero-order valence-corrected chi connectivity index (χ0v) is 13.9. The van der Waals surface area contributed by atoms with Gasteiger partial charge in [-0.25, -0.2) is 9.78 Å². The molecule has 5 nitrogen and oxygen atoms in total. The molecule has 3 rings (SSSR count). The number of thiophene rings is 1. The van der Waals surface area contributed by atoms with Crippen LogP contribution in [-0.4, -0.2) is 15.9 Å². The average molecular weight is 328 g/mol. The Kier molecular flexibility index (Phi) is 4.00. The number of nitrogens with zero attached hydrogens (tertiary/aromatic N) is 1. The van der Waals surface area contributed by atoms with Gasteiger partial charge in [0.25, 0.3) is 5.56 Å². The number of benzene rings is 1. The van der Waals surface area contributed by atoms with E-state index in [2.05, 4.69) is 9.97 Å². The zero-order chi connectivity index (χ0) is 16.6. The van der Waals surface area contributed by atoms with Gasteiger partial charge >= 0.3 is 5.97 Å². The van der Waals surface area contributed by atoms with E-state index in [4.69, 9.17) is 4.74 Å². The molecule has 1 aromatic carbocycles. The fraction of sp³-hybridized carbons (Fsp3) is 0.235. The van der Waals surface area contributed by atoms with Crippen molar-refractivity contribution in [3.05, 3.63) is 62.0 Å². The lowest BCUT2D eigenvalue weighted by atomic mass is 10.1. The Hall–Kier alpha value is -2.47. The van der Waals surface area contributed by atoms with E-state index >= 15 is 0 Å². The molecule has 0 atom stereocenters. The predicted octanol–water partition coefficient (Wildman–Crippen LogP) is 3.27.